The van der Waals surface area contributed by atoms with Gasteiger partial charge in [-0.05, 0) is 42.5 Å². The highest BCUT2D eigenvalue weighted by Crippen LogP contribution is 2.33. The van der Waals surface area contributed by atoms with Crippen LogP contribution in [0.1, 0.15) is 17.3 Å². The molecule has 2 aromatic rings. The number of carbonyl (C=O) groups excluding carboxylic acids is 2. The van der Waals surface area contributed by atoms with Crippen LogP contribution in [0.5, 0.6) is 11.5 Å². The number of ether oxygens (including phenoxy) is 2. The van der Waals surface area contributed by atoms with Gasteiger partial charge in [-0.1, -0.05) is 0 Å². The summed E-state index contributed by atoms with van der Waals surface area (Å²) < 4.78 is 10.5. The molecule has 1 aliphatic heterocycles. The van der Waals surface area contributed by atoms with Gasteiger partial charge in [0.05, 0.1) is 5.75 Å². The van der Waals surface area contributed by atoms with Crippen molar-refractivity contribution in [1.29, 1.82) is 0 Å². The van der Waals surface area contributed by atoms with E-state index >= 15 is 0 Å². The van der Waals surface area contributed by atoms with E-state index in [0.29, 0.717) is 22.8 Å². The molecular formula is C17H15NO4S. The predicted octanol–water partition coefficient (Wildman–Crippen LogP) is 3.35. The van der Waals surface area contributed by atoms with Crippen LogP contribution < -0.4 is 14.8 Å². The average Bonchev–Trinajstić information content (AvgIpc) is 3.01. The van der Waals surface area contributed by atoms with Crippen molar-refractivity contribution in [3.8, 4) is 11.5 Å². The van der Waals surface area contributed by atoms with E-state index in [4.69, 9.17) is 9.47 Å². The number of amides is 1. The monoisotopic (exact) mass is 329 g/mol. The van der Waals surface area contributed by atoms with Crippen LogP contribution in [0.4, 0.5) is 5.69 Å². The number of nitrogens with one attached hydrogen (secondary N) is 1. The molecule has 5 nitrogen and oxygen atoms in total. The van der Waals surface area contributed by atoms with E-state index in [9.17, 15) is 9.59 Å². The fourth-order valence-electron chi connectivity index (χ4n) is 2.14. The van der Waals surface area contributed by atoms with E-state index in [1.54, 1.807) is 18.2 Å². The van der Waals surface area contributed by atoms with E-state index < -0.39 is 0 Å². The molecule has 1 amide bonds. The minimum Gasteiger partial charge on any atom is -0.454 e. The molecule has 6 heteroatoms. The molecule has 0 atom stereocenters. The number of hydrogen-bond acceptors (Lipinski definition) is 5. The van der Waals surface area contributed by atoms with Crippen molar-refractivity contribution in [3.05, 3.63) is 48.0 Å². The van der Waals surface area contributed by atoms with Crippen LogP contribution >= 0.6 is 11.8 Å². The third-order valence-electron chi connectivity index (χ3n) is 3.24. The second kappa shape index (κ2) is 6.75. The van der Waals surface area contributed by atoms with Crippen LogP contribution in [-0.2, 0) is 4.79 Å². The summed E-state index contributed by atoms with van der Waals surface area (Å²) >= 11 is 1.45. The largest absolute Gasteiger partial charge is 0.454 e. The van der Waals surface area contributed by atoms with Crippen LogP contribution in [0.3, 0.4) is 0 Å². The highest BCUT2D eigenvalue weighted by atomic mass is 32.2. The van der Waals surface area contributed by atoms with Crippen molar-refractivity contribution in [2.45, 2.75) is 11.8 Å². The first-order valence-electron chi connectivity index (χ1n) is 7.05. The quantitative estimate of drug-likeness (QED) is 0.673. The van der Waals surface area contributed by atoms with Gasteiger partial charge in [0.1, 0.15) is 0 Å². The van der Waals surface area contributed by atoms with Crippen molar-refractivity contribution in [1.82, 2.24) is 0 Å². The molecule has 0 bridgehead atoms. The van der Waals surface area contributed by atoms with E-state index in [0.717, 1.165) is 10.6 Å². The Labute approximate surface area is 138 Å². The number of benzene rings is 2. The summed E-state index contributed by atoms with van der Waals surface area (Å²) in [7, 11) is 0. The smallest absolute Gasteiger partial charge is 0.231 e. The molecule has 23 heavy (non-hydrogen) atoms. The summed E-state index contributed by atoms with van der Waals surface area (Å²) in [6.45, 7) is 1.66. The summed E-state index contributed by atoms with van der Waals surface area (Å²) in [5.41, 5.74) is 1.35. The number of ketones is 1. The first kappa shape index (κ1) is 15.4. The number of Topliss-reactive ketones (excluding diaryl/α,β-unsaturated/α-hetero) is 1. The number of hydrogen-bond donors (Lipinski definition) is 1. The molecular weight excluding hydrogens is 314 g/mol. The number of anilines is 1. The third kappa shape index (κ3) is 3.84. The van der Waals surface area contributed by atoms with Crippen molar-refractivity contribution in [2.24, 2.45) is 0 Å². The van der Waals surface area contributed by atoms with Crippen molar-refractivity contribution < 1.29 is 19.1 Å². The lowest BCUT2D eigenvalue weighted by molar-refractivity contribution is -0.114. The topological polar surface area (TPSA) is 64.6 Å². The zero-order valence-corrected chi connectivity index (χ0v) is 13.3. The molecule has 0 saturated heterocycles. The number of rotatable bonds is 5. The normalized spacial score (nSPS) is 12.0. The van der Waals surface area contributed by atoms with Gasteiger partial charge < -0.3 is 14.8 Å². The van der Waals surface area contributed by atoms with Crippen LogP contribution in [0.2, 0.25) is 0 Å². The summed E-state index contributed by atoms with van der Waals surface area (Å²) in [4.78, 5) is 24.2. The van der Waals surface area contributed by atoms with Crippen LogP contribution in [0.25, 0.3) is 0 Å². The fraction of sp³-hybridized carbons (Fsp3) is 0.176. The summed E-state index contributed by atoms with van der Waals surface area (Å²) in [5, 5.41) is 2.71. The molecule has 0 aromatic heterocycles. The van der Waals surface area contributed by atoms with E-state index in [1.165, 1.54) is 18.7 Å². The van der Waals surface area contributed by atoms with Gasteiger partial charge in [0.2, 0.25) is 12.7 Å². The van der Waals surface area contributed by atoms with Crippen molar-refractivity contribution in [3.63, 3.8) is 0 Å². The lowest BCUT2D eigenvalue weighted by Crippen LogP contribution is -2.05. The molecule has 3 rings (SSSR count). The minimum absolute atomic E-state index is 0.0271. The number of fused-ring (bicyclic) bond motifs is 1. The predicted molar refractivity (Wildman–Crippen MR) is 88.4 cm³/mol. The first-order chi connectivity index (χ1) is 11.1. The van der Waals surface area contributed by atoms with Crippen LogP contribution in [0.15, 0.2) is 47.4 Å². The molecule has 0 saturated carbocycles. The van der Waals surface area contributed by atoms with Gasteiger partial charge in [-0.3, -0.25) is 9.59 Å². The van der Waals surface area contributed by atoms with Crippen LogP contribution in [-0.4, -0.2) is 24.2 Å². The maximum atomic E-state index is 12.3. The molecule has 0 aliphatic carbocycles. The maximum Gasteiger partial charge on any atom is 0.231 e. The molecule has 1 N–H and O–H groups in total. The Hall–Kier alpha value is -2.47. The van der Waals surface area contributed by atoms with Gasteiger partial charge in [0, 0.05) is 23.1 Å². The standard InChI is InChI=1S/C17H15NO4S/c1-11(19)18-13-3-5-14(6-4-13)23-9-15(20)12-2-7-16-17(8-12)22-10-21-16/h2-8H,9-10H2,1H3,(H,18,19). The SMILES string of the molecule is CC(=O)Nc1ccc(SCC(=O)c2ccc3c(c2)OCO3)cc1. The van der Waals surface area contributed by atoms with Gasteiger partial charge in [-0.2, -0.15) is 0 Å². The highest BCUT2D eigenvalue weighted by molar-refractivity contribution is 8.00. The molecule has 0 radical (unpaired) electrons. The summed E-state index contributed by atoms with van der Waals surface area (Å²) in [6.07, 6.45) is 0. The lowest BCUT2D eigenvalue weighted by Gasteiger charge is -2.05. The molecule has 118 valence electrons. The summed E-state index contributed by atoms with van der Waals surface area (Å²) in [6, 6.07) is 12.6. The van der Waals surface area contributed by atoms with Gasteiger partial charge in [-0.15, -0.1) is 11.8 Å². The molecule has 2 aromatic carbocycles. The Balaban J connectivity index is 1.59. The van der Waals surface area contributed by atoms with Crippen molar-refractivity contribution in [2.75, 3.05) is 17.9 Å². The van der Waals surface area contributed by atoms with Gasteiger partial charge >= 0.3 is 0 Å². The number of carbonyl (C=O) groups is 2. The molecule has 0 unspecified atom stereocenters. The van der Waals surface area contributed by atoms with Crippen molar-refractivity contribution >= 4 is 29.1 Å². The Morgan fingerprint density at radius 2 is 1.83 bits per heavy atom. The molecule has 1 heterocycles. The van der Waals surface area contributed by atoms with Gasteiger partial charge in [0.25, 0.3) is 0 Å². The second-order valence-corrected chi connectivity index (χ2v) is 6.03. The second-order valence-electron chi connectivity index (χ2n) is 4.99. The zero-order chi connectivity index (χ0) is 16.2. The number of thioether (sulfide) groups is 1. The Kier molecular flexibility index (Phi) is 4.52. The van der Waals surface area contributed by atoms with E-state index in [1.807, 2.05) is 24.3 Å². The average molecular weight is 329 g/mol. The fourth-order valence-corrected chi connectivity index (χ4v) is 2.93. The van der Waals surface area contributed by atoms with Gasteiger partial charge in [-0.25, -0.2) is 0 Å². The molecule has 1 aliphatic rings. The lowest BCUT2D eigenvalue weighted by atomic mass is 10.1. The molecule has 0 fully saturated rings. The Morgan fingerprint density at radius 1 is 1.09 bits per heavy atom. The van der Waals surface area contributed by atoms with Crippen LogP contribution in [0, 0.1) is 0 Å². The minimum atomic E-state index is -0.108. The van der Waals surface area contributed by atoms with Gasteiger partial charge in [0.15, 0.2) is 17.3 Å². The third-order valence-corrected chi connectivity index (χ3v) is 4.25. The first-order valence-corrected chi connectivity index (χ1v) is 8.04. The highest BCUT2D eigenvalue weighted by Gasteiger charge is 2.16. The van der Waals surface area contributed by atoms with E-state index in [-0.39, 0.29) is 18.5 Å². The Morgan fingerprint density at radius 3 is 2.57 bits per heavy atom. The Bertz CT molecular complexity index is 743. The summed E-state index contributed by atoms with van der Waals surface area (Å²) in [5.74, 6) is 1.53. The zero-order valence-electron chi connectivity index (χ0n) is 12.5. The maximum absolute atomic E-state index is 12.3. The van der Waals surface area contributed by atoms with E-state index in [2.05, 4.69) is 5.32 Å². The molecule has 0 spiro atoms.